The van der Waals surface area contributed by atoms with E-state index in [-0.39, 0.29) is 17.4 Å². The first-order valence-electron chi connectivity index (χ1n) is 7.70. The van der Waals surface area contributed by atoms with Gasteiger partial charge in [-0.05, 0) is 48.7 Å². The van der Waals surface area contributed by atoms with E-state index in [2.05, 4.69) is 12.1 Å². The highest BCUT2D eigenvalue weighted by atomic mass is 16.3. The molecule has 23 heavy (non-hydrogen) atoms. The predicted octanol–water partition coefficient (Wildman–Crippen LogP) is 4.89. The van der Waals surface area contributed by atoms with Crippen LogP contribution in [0.3, 0.4) is 0 Å². The molecule has 2 heteroatoms. The van der Waals surface area contributed by atoms with Gasteiger partial charge in [-0.1, -0.05) is 54.1 Å². The summed E-state index contributed by atoms with van der Waals surface area (Å²) in [6.45, 7) is 4.01. The third-order valence-corrected chi connectivity index (χ3v) is 4.19. The van der Waals surface area contributed by atoms with Crippen molar-refractivity contribution in [3.63, 3.8) is 0 Å². The summed E-state index contributed by atoms with van der Waals surface area (Å²) in [5, 5.41) is 20.1. The van der Waals surface area contributed by atoms with Crippen LogP contribution in [0.15, 0.2) is 66.7 Å². The average Bonchev–Trinajstić information content (AvgIpc) is 2.54. The molecule has 3 aromatic rings. The average molecular weight is 304 g/mol. The third kappa shape index (κ3) is 3.07. The summed E-state index contributed by atoms with van der Waals surface area (Å²) in [5.41, 5.74) is 5.18. The number of benzene rings is 3. The standard InChI is InChI=1S/C21H20O2/c1-14-8-11-20(23)19(12-14)21(16-6-4-3-5-7-16)18-10-9-17(22)13-15(18)2/h3-13,21-23H,1-2H3. The van der Waals surface area contributed by atoms with Gasteiger partial charge in [0.25, 0.3) is 0 Å². The molecule has 0 saturated heterocycles. The molecule has 0 amide bonds. The largest absolute Gasteiger partial charge is 0.508 e. The summed E-state index contributed by atoms with van der Waals surface area (Å²) in [5.74, 6) is 0.472. The number of aromatic hydroxyl groups is 2. The van der Waals surface area contributed by atoms with E-state index in [0.29, 0.717) is 0 Å². The molecule has 0 heterocycles. The normalized spacial score (nSPS) is 12.1. The van der Waals surface area contributed by atoms with E-state index < -0.39 is 0 Å². The van der Waals surface area contributed by atoms with Gasteiger partial charge in [-0.15, -0.1) is 0 Å². The molecule has 116 valence electrons. The predicted molar refractivity (Wildman–Crippen MR) is 93.1 cm³/mol. The van der Waals surface area contributed by atoms with Crippen LogP contribution in [-0.2, 0) is 0 Å². The maximum atomic E-state index is 10.4. The molecule has 1 atom stereocenters. The number of hydrogen-bond acceptors (Lipinski definition) is 2. The highest BCUT2D eigenvalue weighted by molar-refractivity contribution is 5.52. The molecule has 3 rings (SSSR count). The molecule has 3 aromatic carbocycles. The molecule has 0 aromatic heterocycles. The highest BCUT2D eigenvalue weighted by Crippen LogP contribution is 2.39. The second kappa shape index (κ2) is 6.17. The van der Waals surface area contributed by atoms with E-state index in [0.717, 1.165) is 27.8 Å². The van der Waals surface area contributed by atoms with Gasteiger partial charge in [0.1, 0.15) is 11.5 Å². The van der Waals surface area contributed by atoms with Crippen LogP contribution in [0.25, 0.3) is 0 Å². The molecule has 0 aliphatic carbocycles. The van der Waals surface area contributed by atoms with Gasteiger partial charge in [-0.25, -0.2) is 0 Å². The van der Waals surface area contributed by atoms with Crippen LogP contribution in [0, 0.1) is 13.8 Å². The Hall–Kier alpha value is -2.74. The smallest absolute Gasteiger partial charge is 0.119 e. The Bertz CT molecular complexity index is 823. The molecular formula is C21H20O2. The Kier molecular flexibility index (Phi) is 4.07. The Balaban J connectivity index is 2.24. The summed E-state index contributed by atoms with van der Waals surface area (Å²) in [4.78, 5) is 0. The zero-order valence-corrected chi connectivity index (χ0v) is 13.3. The minimum absolute atomic E-state index is 0.0725. The zero-order valence-electron chi connectivity index (χ0n) is 13.3. The van der Waals surface area contributed by atoms with E-state index in [1.165, 1.54) is 0 Å². The van der Waals surface area contributed by atoms with Crippen LogP contribution >= 0.6 is 0 Å². The van der Waals surface area contributed by atoms with Gasteiger partial charge in [-0.3, -0.25) is 0 Å². The minimum atomic E-state index is -0.0725. The lowest BCUT2D eigenvalue weighted by atomic mass is 9.82. The van der Waals surface area contributed by atoms with Crippen LogP contribution in [0.1, 0.15) is 33.7 Å². The first-order valence-corrected chi connectivity index (χ1v) is 7.70. The number of aryl methyl sites for hydroxylation is 2. The number of hydrogen-bond donors (Lipinski definition) is 2. The van der Waals surface area contributed by atoms with Crippen LogP contribution in [0.2, 0.25) is 0 Å². The Morgan fingerprint density at radius 3 is 2.17 bits per heavy atom. The van der Waals surface area contributed by atoms with E-state index in [1.54, 1.807) is 18.2 Å². The lowest BCUT2D eigenvalue weighted by molar-refractivity contribution is 0.466. The second-order valence-corrected chi connectivity index (χ2v) is 5.95. The van der Waals surface area contributed by atoms with Crippen LogP contribution in [0.5, 0.6) is 11.5 Å². The van der Waals surface area contributed by atoms with Crippen molar-refractivity contribution in [3.8, 4) is 11.5 Å². The molecular weight excluding hydrogens is 284 g/mol. The maximum Gasteiger partial charge on any atom is 0.119 e. The van der Waals surface area contributed by atoms with Crippen LogP contribution < -0.4 is 0 Å². The monoisotopic (exact) mass is 304 g/mol. The van der Waals surface area contributed by atoms with E-state index >= 15 is 0 Å². The number of phenolic OH excluding ortho intramolecular Hbond substituents is 2. The van der Waals surface area contributed by atoms with Crippen molar-refractivity contribution in [1.82, 2.24) is 0 Å². The molecule has 0 fully saturated rings. The van der Waals surface area contributed by atoms with E-state index in [1.807, 2.05) is 50.2 Å². The Morgan fingerprint density at radius 1 is 0.739 bits per heavy atom. The highest BCUT2D eigenvalue weighted by Gasteiger charge is 2.21. The topological polar surface area (TPSA) is 40.5 Å². The molecule has 0 aliphatic heterocycles. The van der Waals surface area contributed by atoms with Gasteiger partial charge in [0, 0.05) is 11.5 Å². The zero-order chi connectivity index (χ0) is 16.4. The quantitative estimate of drug-likeness (QED) is 0.676. The lowest BCUT2D eigenvalue weighted by Crippen LogP contribution is -2.06. The summed E-state index contributed by atoms with van der Waals surface area (Å²) in [7, 11) is 0. The molecule has 1 unspecified atom stereocenters. The summed E-state index contributed by atoms with van der Waals surface area (Å²) < 4.78 is 0. The molecule has 0 aliphatic rings. The van der Waals surface area contributed by atoms with Crippen molar-refractivity contribution in [2.45, 2.75) is 19.8 Å². The fraction of sp³-hybridized carbons (Fsp3) is 0.143. The SMILES string of the molecule is Cc1ccc(O)c(C(c2ccccc2)c2ccc(O)cc2C)c1. The van der Waals surface area contributed by atoms with E-state index in [4.69, 9.17) is 0 Å². The van der Waals surface area contributed by atoms with Gasteiger partial charge in [0.05, 0.1) is 0 Å². The summed E-state index contributed by atoms with van der Waals surface area (Å²) in [6, 6.07) is 21.2. The first-order chi connectivity index (χ1) is 11.1. The van der Waals surface area contributed by atoms with E-state index in [9.17, 15) is 10.2 Å². The number of phenols is 2. The third-order valence-electron chi connectivity index (χ3n) is 4.19. The molecule has 0 spiro atoms. The van der Waals surface area contributed by atoms with Crippen LogP contribution in [0.4, 0.5) is 0 Å². The second-order valence-electron chi connectivity index (χ2n) is 5.95. The van der Waals surface area contributed by atoms with Gasteiger partial charge >= 0.3 is 0 Å². The van der Waals surface area contributed by atoms with Crippen molar-refractivity contribution in [3.05, 3.63) is 94.5 Å². The molecule has 0 bridgehead atoms. The molecule has 0 radical (unpaired) electrons. The maximum absolute atomic E-state index is 10.4. The van der Waals surface area contributed by atoms with Gasteiger partial charge in [0.2, 0.25) is 0 Å². The Labute approximate surface area is 136 Å². The Morgan fingerprint density at radius 2 is 1.48 bits per heavy atom. The van der Waals surface area contributed by atoms with Crippen molar-refractivity contribution in [2.75, 3.05) is 0 Å². The van der Waals surface area contributed by atoms with Crippen molar-refractivity contribution < 1.29 is 10.2 Å². The van der Waals surface area contributed by atoms with Gasteiger partial charge < -0.3 is 10.2 Å². The van der Waals surface area contributed by atoms with Gasteiger partial charge in [0.15, 0.2) is 0 Å². The van der Waals surface area contributed by atoms with Gasteiger partial charge in [-0.2, -0.15) is 0 Å². The lowest BCUT2D eigenvalue weighted by Gasteiger charge is -2.22. The first kappa shape index (κ1) is 15.2. The summed E-state index contributed by atoms with van der Waals surface area (Å²) in [6.07, 6.45) is 0. The number of rotatable bonds is 3. The van der Waals surface area contributed by atoms with Crippen molar-refractivity contribution in [2.24, 2.45) is 0 Å². The van der Waals surface area contributed by atoms with Crippen molar-refractivity contribution >= 4 is 0 Å². The summed E-state index contributed by atoms with van der Waals surface area (Å²) >= 11 is 0. The molecule has 0 saturated carbocycles. The van der Waals surface area contributed by atoms with Crippen LogP contribution in [-0.4, -0.2) is 10.2 Å². The minimum Gasteiger partial charge on any atom is -0.508 e. The molecule has 2 N–H and O–H groups in total. The van der Waals surface area contributed by atoms with Crippen molar-refractivity contribution in [1.29, 1.82) is 0 Å². The fourth-order valence-electron chi connectivity index (χ4n) is 3.06. The molecule has 2 nitrogen and oxygen atoms in total. The fourth-order valence-corrected chi connectivity index (χ4v) is 3.06.